The average molecular weight is 465 g/mol. The van der Waals surface area contributed by atoms with Gasteiger partial charge in [0.15, 0.2) is 0 Å². The number of carbonyl (C=O) groups is 1. The van der Waals surface area contributed by atoms with Crippen molar-refractivity contribution in [3.05, 3.63) is 95.3 Å². The average Bonchev–Trinajstić information content (AvgIpc) is 2.84. The van der Waals surface area contributed by atoms with Crippen molar-refractivity contribution in [2.45, 2.75) is 24.9 Å². The van der Waals surface area contributed by atoms with E-state index < -0.39 is 10.0 Å². The Morgan fingerprint density at radius 3 is 2.39 bits per heavy atom. The van der Waals surface area contributed by atoms with E-state index in [0.29, 0.717) is 18.7 Å². The second-order valence-corrected chi connectivity index (χ2v) is 9.94. The molecule has 0 unspecified atom stereocenters. The Labute approximate surface area is 195 Å². The van der Waals surface area contributed by atoms with E-state index in [2.05, 4.69) is 14.6 Å². The normalized spacial score (nSPS) is 14.9. The number of sulfonamides is 1. The number of nitrogens with zero attached hydrogens (tertiary/aromatic N) is 3. The van der Waals surface area contributed by atoms with E-state index in [0.717, 1.165) is 36.5 Å². The highest BCUT2D eigenvalue weighted by Gasteiger charge is 2.25. The molecule has 0 atom stereocenters. The van der Waals surface area contributed by atoms with Gasteiger partial charge in [-0.05, 0) is 42.3 Å². The molecule has 2 aromatic carbocycles. The lowest BCUT2D eigenvalue weighted by Crippen LogP contribution is -2.48. The standard InChI is InChI=1S/C25H28N4O3S/c1-20-10-11-23(33(31,32)27-18-21-7-3-2-4-8-21)17-24(20)25(30)29-15-13-28(14-16-29)19-22-9-5-6-12-26-22/h2-12,17,27H,13-16,18-19H2,1H3. The molecule has 33 heavy (non-hydrogen) atoms. The first-order valence-corrected chi connectivity index (χ1v) is 12.5. The smallest absolute Gasteiger partial charge is 0.254 e. The van der Waals surface area contributed by atoms with Crippen LogP contribution in [0.15, 0.2) is 77.8 Å². The predicted molar refractivity (Wildman–Crippen MR) is 127 cm³/mol. The molecule has 1 aliphatic rings. The number of aromatic nitrogens is 1. The van der Waals surface area contributed by atoms with Gasteiger partial charge >= 0.3 is 0 Å². The minimum absolute atomic E-state index is 0.0983. The van der Waals surface area contributed by atoms with Crippen molar-refractivity contribution in [2.24, 2.45) is 0 Å². The molecule has 0 aliphatic carbocycles. The van der Waals surface area contributed by atoms with Crippen LogP contribution >= 0.6 is 0 Å². The van der Waals surface area contributed by atoms with Gasteiger partial charge < -0.3 is 4.90 Å². The minimum Gasteiger partial charge on any atom is -0.336 e. The second-order valence-electron chi connectivity index (χ2n) is 8.18. The van der Waals surface area contributed by atoms with E-state index in [4.69, 9.17) is 0 Å². The van der Waals surface area contributed by atoms with Gasteiger partial charge in [-0.2, -0.15) is 0 Å². The molecule has 1 aromatic heterocycles. The largest absolute Gasteiger partial charge is 0.336 e. The second kappa shape index (κ2) is 10.2. The fourth-order valence-corrected chi connectivity index (χ4v) is 4.90. The molecule has 0 saturated carbocycles. The van der Waals surface area contributed by atoms with Gasteiger partial charge in [0.05, 0.1) is 10.6 Å². The zero-order chi connectivity index (χ0) is 23.3. The summed E-state index contributed by atoms with van der Waals surface area (Å²) < 4.78 is 28.3. The van der Waals surface area contributed by atoms with Crippen molar-refractivity contribution in [3.63, 3.8) is 0 Å². The SMILES string of the molecule is Cc1ccc(S(=O)(=O)NCc2ccccc2)cc1C(=O)N1CCN(Cc2ccccn2)CC1. The van der Waals surface area contributed by atoms with Crippen LogP contribution in [0.5, 0.6) is 0 Å². The Bertz CT molecular complexity index is 1190. The Hall–Kier alpha value is -3.07. The molecule has 1 amide bonds. The maximum atomic E-state index is 13.2. The first-order valence-electron chi connectivity index (χ1n) is 11.0. The number of carbonyl (C=O) groups excluding carboxylic acids is 1. The molecular weight excluding hydrogens is 436 g/mol. The van der Waals surface area contributed by atoms with Crippen molar-refractivity contribution in [1.29, 1.82) is 0 Å². The van der Waals surface area contributed by atoms with E-state index in [1.54, 1.807) is 23.2 Å². The lowest BCUT2D eigenvalue weighted by atomic mass is 10.1. The molecule has 8 heteroatoms. The maximum Gasteiger partial charge on any atom is 0.254 e. The summed E-state index contributed by atoms with van der Waals surface area (Å²) in [7, 11) is -3.74. The first kappa shape index (κ1) is 23.1. The van der Waals surface area contributed by atoms with Crippen molar-refractivity contribution in [2.75, 3.05) is 26.2 Å². The number of aryl methyl sites for hydroxylation is 1. The number of hydrogen-bond acceptors (Lipinski definition) is 5. The Balaban J connectivity index is 1.41. The number of benzene rings is 2. The number of rotatable bonds is 7. The maximum absolute atomic E-state index is 13.2. The van der Waals surface area contributed by atoms with Gasteiger partial charge in [-0.25, -0.2) is 13.1 Å². The van der Waals surface area contributed by atoms with Gasteiger partial charge in [-0.1, -0.05) is 42.5 Å². The van der Waals surface area contributed by atoms with Crippen molar-refractivity contribution >= 4 is 15.9 Å². The molecule has 0 spiro atoms. The van der Waals surface area contributed by atoms with Crippen LogP contribution in [0.1, 0.15) is 27.2 Å². The Kier molecular flexibility index (Phi) is 7.17. The van der Waals surface area contributed by atoms with E-state index in [9.17, 15) is 13.2 Å². The lowest BCUT2D eigenvalue weighted by molar-refractivity contribution is 0.0626. The summed E-state index contributed by atoms with van der Waals surface area (Å²) in [5.41, 5.74) is 3.07. The van der Waals surface area contributed by atoms with Crippen molar-refractivity contribution in [3.8, 4) is 0 Å². The number of hydrogen-bond donors (Lipinski definition) is 1. The van der Waals surface area contributed by atoms with Crippen LogP contribution in [0, 0.1) is 6.92 Å². The van der Waals surface area contributed by atoms with Gasteiger partial charge in [-0.15, -0.1) is 0 Å². The third-order valence-corrected chi connectivity index (χ3v) is 7.23. The molecule has 2 heterocycles. The van der Waals surface area contributed by atoms with Gasteiger partial charge in [0, 0.05) is 51.0 Å². The van der Waals surface area contributed by atoms with E-state index in [-0.39, 0.29) is 17.3 Å². The van der Waals surface area contributed by atoms with E-state index in [1.165, 1.54) is 6.07 Å². The number of amides is 1. The van der Waals surface area contributed by atoms with Crippen LogP contribution in [0.2, 0.25) is 0 Å². The van der Waals surface area contributed by atoms with Crippen LogP contribution in [0.25, 0.3) is 0 Å². The highest BCUT2D eigenvalue weighted by atomic mass is 32.2. The third-order valence-electron chi connectivity index (χ3n) is 5.83. The van der Waals surface area contributed by atoms with Crippen molar-refractivity contribution in [1.82, 2.24) is 19.5 Å². The summed E-state index contributed by atoms with van der Waals surface area (Å²) in [6, 6.07) is 19.9. The first-order chi connectivity index (χ1) is 15.9. The summed E-state index contributed by atoms with van der Waals surface area (Å²) >= 11 is 0. The van der Waals surface area contributed by atoms with Gasteiger partial charge in [0.2, 0.25) is 10.0 Å². The van der Waals surface area contributed by atoms with Crippen LogP contribution in [-0.2, 0) is 23.1 Å². The molecule has 0 radical (unpaired) electrons. The lowest BCUT2D eigenvalue weighted by Gasteiger charge is -2.34. The Morgan fingerprint density at radius 1 is 0.970 bits per heavy atom. The highest BCUT2D eigenvalue weighted by molar-refractivity contribution is 7.89. The van der Waals surface area contributed by atoms with Gasteiger partial charge in [0.25, 0.3) is 5.91 Å². The zero-order valence-corrected chi connectivity index (χ0v) is 19.5. The highest BCUT2D eigenvalue weighted by Crippen LogP contribution is 2.19. The number of pyridine rings is 1. The molecule has 0 bridgehead atoms. The molecule has 172 valence electrons. The molecule has 4 rings (SSSR count). The fourth-order valence-electron chi connectivity index (χ4n) is 3.86. The topological polar surface area (TPSA) is 82.6 Å². The summed E-state index contributed by atoms with van der Waals surface area (Å²) in [5.74, 6) is -0.134. The summed E-state index contributed by atoms with van der Waals surface area (Å²) in [6.45, 7) is 5.46. The molecule has 7 nitrogen and oxygen atoms in total. The predicted octanol–water partition coefficient (Wildman–Crippen LogP) is 2.83. The number of nitrogens with one attached hydrogen (secondary N) is 1. The van der Waals surface area contributed by atoms with E-state index >= 15 is 0 Å². The molecule has 1 aliphatic heterocycles. The molecule has 1 N–H and O–H groups in total. The molecule has 1 saturated heterocycles. The molecule has 1 fully saturated rings. The minimum atomic E-state index is -3.74. The zero-order valence-electron chi connectivity index (χ0n) is 18.6. The van der Waals surface area contributed by atoms with Crippen LogP contribution in [0.4, 0.5) is 0 Å². The molecular formula is C25H28N4O3S. The molecule has 3 aromatic rings. The summed E-state index contributed by atoms with van der Waals surface area (Å²) in [4.78, 5) is 21.8. The Morgan fingerprint density at radius 2 is 1.70 bits per heavy atom. The fraction of sp³-hybridized carbons (Fsp3) is 0.280. The summed E-state index contributed by atoms with van der Waals surface area (Å²) in [6.07, 6.45) is 1.79. The summed E-state index contributed by atoms with van der Waals surface area (Å²) in [5, 5.41) is 0. The van der Waals surface area contributed by atoms with Crippen molar-refractivity contribution < 1.29 is 13.2 Å². The van der Waals surface area contributed by atoms with Crippen LogP contribution in [0.3, 0.4) is 0 Å². The van der Waals surface area contributed by atoms with E-state index in [1.807, 2.05) is 55.5 Å². The third kappa shape index (κ3) is 5.84. The van der Waals surface area contributed by atoms with Gasteiger partial charge in [0.1, 0.15) is 0 Å². The van der Waals surface area contributed by atoms with Gasteiger partial charge in [-0.3, -0.25) is 14.7 Å². The quantitative estimate of drug-likeness (QED) is 0.581. The van der Waals surface area contributed by atoms with Crippen LogP contribution < -0.4 is 4.72 Å². The van der Waals surface area contributed by atoms with Crippen LogP contribution in [-0.4, -0.2) is 55.3 Å². The number of piperazine rings is 1. The monoisotopic (exact) mass is 464 g/mol.